The lowest BCUT2D eigenvalue weighted by molar-refractivity contribution is -0.176. The molecule has 154 valence electrons. The molecule has 3 atom stereocenters. The highest BCUT2D eigenvalue weighted by molar-refractivity contribution is 14.0. The Morgan fingerprint density at radius 3 is 2.52 bits per heavy atom. The number of aliphatic imine (C=N–C) groups is 1. The quantitative estimate of drug-likeness (QED) is 0.322. The maximum absolute atomic E-state index is 12.3. The fourth-order valence-corrected chi connectivity index (χ4v) is 4.30. The van der Waals surface area contributed by atoms with Crippen molar-refractivity contribution in [1.82, 2.24) is 10.6 Å². The molecular weight excluding hydrogens is 473 g/mol. The van der Waals surface area contributed by atoms with E-state index in [1.807, 2.05) is 30.3 Å². The van der Waals surface area contributed by atoms with Crippen LogP contribution in [0.3, 0.4) is 0 Å². The zero-order valence-corrected chi connectivity index (χ0v) is 20.2. The van der Waals surface area contributed by atoms with Crippen molar-refractivity contribution in [2.24, 2.45) is 10.4 Å². The molecule has 0 spiro atoms. The standard InChI is InChI=1S/C20H33N3O2S.HI/c1-6-21-18(23-17-14-20(4,25-5)19(17,2)3)22-12-13-26(24)15-16-10-8-7-9-11-16;/h7-11,17H,6,12-15H2,1-5H3,(H2,21,22,23);1H. The molecule has 7 heteroatoms. The number of ether oxygens (including phenoxy) is 1. The summed E-state index contributed by atoms with van der Waals surface area (Å²) in [7, 11) is 0.873. The van der Waals surface area contributed by atoms with Crippen LogP contribution in [0.1, 0.15) is 39.7 Å². The summed E-state index contributed by atoms with van der Waals surface area (Å²) < 4.78 is 17.9. The van der Waals surface area contributed by atoms with Gasteiger partial charge in [-0.1, -0.05) is 44.2 Å². The van der Waals surface area contributed by atoms with Crippen LogP contribution in [-0.2, 0) is 21.3 Å². The topological polar surface area (TPSA) is 62.7 Å². The van der Waals surface area contributed by atoms with Gasteiger partial charge in [0.05, 0.1) is 12.1 Å². The first kappa shape index (κ1) is 24.4. The van der Waals surface area contributed by atoms with Gasteiger partial charge >= 0.3 is 0 Å². The molecule has 1 aromatic rings. The normalized spacial score (nSPS) is 25.1. The van der Waals surface area contributed by atoms with E-state index in [0.29, 0.717) is 24.1 Å². The number of hydrogen-bond acceptors (Lipinski definition) is 3. The summed E-state index contributed by atoms with van der Waals surface area (Å²) in [5, 5.41) is 6.80. The second-order valence-corrected chi connectivity index (χ2v) is 9.17. The zero-order valence-electron chi connectivity index (χ0n) is 17.1. The van der Waals surface area contributed by atoms with Gasteiger partial charge in [0.25, 0.3) is 0 Å². The molecule has 0 heterocycles. The first-order chi connectivity index (χ1) is 12.3. The van der Waals surface area contributed by atoms with E-state index in [-0.39, 0.29) is 35.0 Å². The molecule has 1 saturated carbocycles. The highest BCUT2D eigenvalue weighted by atomic mass is 127. The van der Waals surface area contributed by atoms with Crippen molar-refractivity contribution in [3.8, 4) is 0 Å². The summed E-state index contributed by atoms with van der Waals surface area (Å²) in [5.41, 5.74) is 1.02. The molecule has 2 N–H and O–H groups in total. The second kappa shape index (κ2) is 10.8. The Bertz CT molecular complexity index is 639. The van der Waals surface area contributed by atoms with E-state index < -0.39 is 10.8 Å². The lowest BCUT2D eigenvalue weighted by Gasteiger charge is -2.59. The monoisotopic (exact) mass is 507 g/mol. The Kier molecular flexibility index (Phi) is 9.71. The van der Waals surface area contributed by atoms with E-state index in [9.17, 15) is 4.21 Å². The minimum absolute atomic E-state index is 0. The summed E-state index contributed by atoms with van der Waals surface area (Å²) in [6.07, 6.45) is 0.945. The van der Waals surface area contributed by atoms with Gasteiger partial charge < -0.3 is 15.4 Å². The van der Waals surface area contributed by atoms with E-state index in [1.54, 1.807) is 7.11 Å². The lowest BCUT2D eigenvalue weighted by atomic mass is 9.56. The Morgan fingerprint density at radius 2 is 1.96 bits per heavy atom. The highest BCUT2D eigenvalue weighted by Crippen LogP contribution is 2.51. The summed E-state index contributed by atoms with van der Waals surface area (Å²) in [6, 6.07) is 10.3. The van der Waals surface area contributed by atoms with Gasteiger partial charge in [-0.3, -0.25) is 9.20 Å². The molecule has 0 aromatic heterocycles. The SMILES string of the molecule is CCNC(=NCCS(=O)Cc1ccccc1)NC1CC(C)(OC)C1(C)C.I. The van der Waals surface area contributed by atoms with Crippen molar-refractivity contribution in [2.75, 3.05) is 26.0 Å². The van der Waals surface area contributed by atoms with E-state index >= 15 is 0 Å². The van der Waals surface area contributed by atoms with E-state index in [0.717, 1.165) is 24.5 Å². The molecule has 1 aliphatic carbocycles. The third-order valence-corrected chi connectivity index (χ3v) is 6.99. The van der Waals surface area contributed by atoms with Gasteiger partial charge in [0.15, 0.2) is 5.96 Å². The number of methoxy groups -OCH3 is 1. The molecule has 1 aliphatic rings. The number of rotatable bonds is 8. The van der Waals surface area contributed by atoms with Crippen LogP contribution < -0.4 is 10.6 Å². The van der Waals surface area contributed by atoms with Gasteiger partial charge in [-0.25, -0.2) is 0 Å². The molecule has 1 aromatic carbocycles. The van der Waals surface area contributed by atoms with Crippen LogP contribution in [0.25, 0.3) is 0 Å². The Balaban J connectivity index is 0.00000364. The molecule has 5 nitrogen and oxygen atoms in total. The maximum atomic E-state index is 12.3. The molecule has 27 heavy (non-hydrogen) atoms. The van der Waals surface area contributed by atoms with Gasteiger partial charge in [0.2, 0.25) is 0 Å². The van der Waals surface area contributed by atoms with Crippen LogP contribution in [-0.4, -0.2) is 47.8 Å². The highest BCUT2D eigenvalue weighted by Gasteiger charge is 2.58. The largest absolute Gasteiger partial charge is 0.378 e. The van der Waals surface area contributed by atoms with Crippen molar-refractivity contribution in [1.29, 1.82) is 0 Å². The summed E-state index contributed by atoms with van der Waals surface area (Å²) in [4.78, 5) is 4.62. The molecule has 1 fully saturated rings. The van der Waals surface area contributed by atoms with Gasteiger partial charge in [-0.15, -0.1) is 24.0 Å². The van der Waals surface area contributed by atoms with E-state index in [1.165, 1.54) is 0 Å². The van der Waals surface area contributed by atoms with Crippen LogP contribution in [0.2, 0.25) is 0 Å². The van der Waals surface area contributed by atoms with Crippen LogP contribution in [0, 0.1) is 5.41 Å². The average molecular weight is 507 g/mol. The zero-order chi connectivity index (χ0) is 19.2. The maximum Gasteiger partial charge on any atom is 0.191 e. The number of halogens is 1. The van der Waals surface area contributed by atoms with Crippen molar-refractivity contribution in [2.45, 2.75) is 51.5 Å². The van der Waals surface area contributed by atoms with Gasteiger partial charge in [-0.2, -0.15) is 0 Å². The second-order valence-electron chi connectivity index (χ2n) is 7.59. The molecule has 0 aliphatic heterocycles. The van der Waals surface area contributed by atoms with Gasteiger partial charge in [-0.05, 0) is 25.8 Å². The first-order valence-electron chi connectivity index (χ1n) is 9.31. The number of nitrogens with zero attached hydrogens (tertiary/aromatic N) is 1. The Hall–Kier alpha value is -0.670. The molecule has 0 bridgehead atoms. The number of hydrogen-bond donors (Lipinski definition) is 2. The minimum Gasteiger partial charge on any atom is -0.378 e. The predicted molar refractivity (Wildman–Crippen MR) is 125 cm³/mol. The molecule has 2 rings (SSSR count). The van der Waals surface area contributed by atoms with E-state index in [2.05, 4.69) is 43.3 Å². The third-order valence-electron chi connectivity index (χ3n) is 5.69. The molecule has 0 radical (unpaired) electrons. The molecular formula is C20H34IN3O2S. The summed E-state index contributed by atoms with van der Waals surface area (Å²) >= 11 is 0. The molecule has 0 saturated heterocycles. The van der Waals surface area contributed by atoms with Crippen molar-refractivity contribution < 1.29 is 8.95 Å². The third kappa shape index (κ3) is 6.15. The van der Waals surface area contributed by atoms with Crippen molar-refractivity contribution in [3.05, 3.63) is 35.9 Å². The van der Waals surface area contributed by atoms with Gasteiger partial charge in [0.1, 0.15) is 0 Å². The van der Waals surface area contributed by atoms with Crippen LogP contribution >= 0.6 is 24.0 Å². The van der Waals surface area contributed by atoms with E-state index in [4.69, 9.17) is 4.74 Å². The molecule has 3 unspecified atom stereocenters. The van der Waals surface area contributed by atoms with Gasteiger partial charge in [0, 0.05) is 47.4 Å². The number of nitrogens with one attached hydrogen (secondary N) is 2. The first-order valence-corrected chi connectivity index (χ1v) is 10.8. The van der Waals surface area contributed by atoms with Crippen molar-refractivity contribution >= 4 is 40.7 Å². The fraction of sp³-hybridized carbons (Fsp3) is 0.650. The number of guanidine groups is 1. The van der Waals surface area contributed by atoms with Crippen molar-refractivity contribution in [3.63, 3.8) is 0 Å². The summed E-state index contributed by atoms with van der Waals surface area (Å²) in [5.74, 6) is 1.94. The lowest BCUT2D eigenvalue weighted by Crippen LogP contribution is -2.69. The average Bonchev–Trinajstić information content (AvgIpc) is 2.62. The van der Waals surface area contributed by atoms with Crippen LogP contribution in [0.5, 0.6) is 0 Å². The summed E-state index contributed by atoms with van der Waals surface area (Å²) in [6.45, 7) is 9.99. The number of benzene rings is 1. The van der Waals surface area contributed by atoms with Crippen LogP contribution in [0.15, 0.2) is 35.3 Å². The Morgan fingerprint density at radius 1 is 1.30 bits per heavy atom. The van der Waals surface area contributed by atoms with Crippen LogP contribution in [0.4, 0.5) is 0 Å². The predicted octanol–water partition coefficient (Wildman–Crippen LogP) is 3.31. The smallest absolute Gasteiger partial charge is 0.191 e. The Labute approximate surface area is 183 Å². The molecule has 0 amide bonds. The minimum atomic E-state index is -0.904. The fourth-order valence-electron chi connectivity index (χ4n) is 3.30.